The first-order valence-corrected chi connectivity index (χ1v) is 7.41. The second-order valence-corrected chi connectivity index (χ2v) is 5.05. The third kappa shape index (κ3) is 3.65. The minimum atomic E-state index is 0.235. The van der Waals surface area contributed by atoms with Gasteiger partial charge in [0.25, 0.3) is 0 Å². The van der Waals surface area contributed by atoms with Crippen molar-refractivity contribution in [2.45, 2.75) is 46.1 Å². The molecule has 0 N–H and O–H groups in total. The molecule has 1 amide bonds. The fourth-order valence-corrected chi connectivity index (χ4v) is 2.32. The van der Waals surface area contributed by atoms with Gasteiger partial charge in [-0.25, -0.2) is 0 Å². The van der Waals surface area contributed by atoms with E-state index in [1.807, 2.05) is 30.0 Å². The number of hydrogen-bond donors (Lipinski definition) is 0. The summed E-state index contributed by atoms with van der Waals surface area (Å²) >= 11 is 0. The summed E-state index contributed by atoms with van der Waals surface area (Å²) in [7, 11) is 0. The van der Waals surface area contributed by atoms with Crippen molar-refractivity contribution >= 4 is 5.91 Å². The first kappa shape index (κ1) is 14.7. The van der Waals surface area contributed by atoms with Gasteiger partial charge in [0.05, 0.1) is 0 Å². The summed E-state index contributed by atoms with van der Waals surface area (Å²) in [6, 6.07) is 5.87. The lowest BCUT2D eigenvalue weighted by Gasteiger charge is -2.21. The van der Waals surface area contributed by atoms with Gasteiger partial charge in [-0.05, 0) is 31.0 Å². The molecule has 20 heavy (non-hydrogen) atoms. The summed E-state index contributed by atoms with van der Waals surface area (Å²) in [6.07, 6.45) is 3.88. The molecule has 2 rings (SSSR count). The molecule has 0 bridgehead atoms. The van der Waals surface area contributed by atoms with Crippen molar-refractivity contribution in [1.29, 1.82) is 0 Å². The minimum absolute atomic E-state index is 0.235. The summed E-state index contributed by atoms with van der Waals surface area (Å²) in [4.78, 5) is 14.1. The van der Waals surface area contributed by atoms with Crippen molar-refractivity contribution in [3.63, 3.8) is 0 Å². The van der Waals surface area contributed by atoms with Crippen molar-refractivity contribution in [2.24, 2.45) is 0 Å². The van der Waals surface area contributed by atoms with Crippen LogP contribution in [0, 0.1) is 0 Å². The molecule has 0 atom stereocenters. The second-order valence-electron chi connectivity index (χ2n) is 5.05. The number of amides is 1. The number of carbonyl (C=O) groups excluding carboxylic acids is 1. The van der Waals surface area contributed by atoms with E-state index in [1.165, 1.54) is 0 Å². The average Bonchev–Trinajstić information content (AvgIpc) is 2.92. The molecule has 0 aliphatic carbocycles. The number of carbonyl (C=O) groups is 1. The SMILES string of the molecule is CCCCCC(=O)N(CC)Cc1ccc2c(c1)OCO2. The third-order valence-corrected chi connectivity index (χ3v) is 3.54. The van der Waals surface area contributed by atoms with E-state index in [4.69, 9.17) is 9.47 Å². The topological polar surface area (TPSA) is 38.8 Å². The Hall–Kier alpha value is -1.71. The molecule has 0 saturated heterocycles. The average molecular weight is 277 g/mol. The van der Waals surface area contributed by atoms with Gasteiger partial charge in [0.2, 0.25) is 12.7 Å². The Bertz CT molecular complexity index is 459. The monoisotopic (exact) mass is 277 g/mol. The van der Waals surface area contributed by atoms with Gasteiger partial charge in [0.15, 0.2) is 11.5 Å². The molecule has 0 radical (unpaired) electrons. The Morgan fingerprint density at radius 1 is 1.20 bits per heavy atom. The fraction of sp³-hybridized carbons (Fsp3) is 0.562. The van der Waals surface area contributed by atoms with E-state index in [0.29, 0.717) is 13.0 Å². The molecule has 1 heterocycles. The van der Waals surface area contributed by atoms with Crippen LogP contribution in [0.4, 0.5) is 0 Å². The highest BCUT2D eigenvalue weighted by Crippen LogP contribution is 2.32. The Labute approximate surface area is 120 Å². The molecular weight excluding hydrogens is 254 g/mol. The molecule has 0 unspecified atom stereocenters. The number of fused-ring (bicyclic) bond motifs is 1. The molecule has 1 aromatic rings. The maximum Gasteiger partial charge on any atom is 0.231 e. The first-order chi connectivity index (χ1) is 9.74. The lowest BCUT2D eigenvalue weighted by Crippen LogP contribution is -2.30. The van der Waals surface area contributed by atoms with Crippen LogP contribution >= 0.6 is 0 Å². The summed E-state index contributed by atoms with van der Waals surface area (Å²) in [5, 5.41) is 0. The van der Waals surface area contributed by atoms with Crippen LogP contribution in [0.3, 0.4) is 0 Å². The summed E-state index contributed by atoms with van der Waals surface area (Å²) < 4.78 is 10.7. The molecule has 110 valence electrons. The zero-order chi connectivity index (χ0) is 14.4. The van der Waals surface area contributed by atoms with Gasteiger partial charge >= 0.3 is 0 Å². The molecule has 0 saturated carbocycles. The van der Waals surface area contributed by atoms with E-state index in [1.54, 1.807) is 0 Å². The second kappa shape index (κ2) is 7.17. The summed E-state index contributed by atoms with van der Waals surface area (Å²) in [6.45, 7) is 5.82. The largest absolute Gasteiger partial charge is 0.454 e. The lowest BCUT2D eigenvalue weighted by molar-refractivity contribution is -0.131. The number of benzene rings is 1. The lowest BCUT2D eigenvalue weighted by atomic mass is 10.1. The molecule has 1 aliphatic heterocycles. The van der Waals surface area contributed by atoms with E-state index >= 15 is 0 Å². The van der Waals surface area contributed by atoms with Crippen LogP contribution in [0.15, 0.2) is 18.2 Å². The van der Waals surface area contributed by atoms with E-state index in [-0.39, 0.29) is 12.7 Å². The number of unbranched alkanes of at least 4 members (excludes halogenated alkanes) is 2. The Kier molecular flexibility index (Phi) is 5.27. The zero-order valence-electron chi connectivity index (χ0n) is 12.4. The fourth-order valence-electron chi connectivity index (χ4n) is 2.32. The van der Waals surface area contributed by atoms with Gasteiger partial charge < -0.3 is 14.4 Å². The first-order valence-electron chi connectivity index (χ1n) is 7.41. The highest BCUT2D eigenvalue weighted by Gasteiger charge is 2.16. The van der Waals surface area contributed by atoms with Crippen LogP contribution in [0.25, 0.3) is 0 Å². The maximum absolute atomic E-state index is 12.2. The van der Waals surface area contributed by atoms with E-state index in [9.17, 15) is 4.79 Å². The quantitative estimate of drug-likeness (QED) is 0.717. The Morgan fingerprint density at radius 3 is 2.75 bits per heavy atom. The van der Waals surface area contributed by atoms with E-state index in [2.05, 4.69) is 6.92 Å². The van der Waals surface area contributed by atoms with Gasteiger partial charge in [0, 0.05) is 19.5 Å². The molecule has 0 aromatic heterocycles. The minimum Gasteiger partial charge on any atom is -0.454 e. The van der Waals surface area contributed by atoms with Crippen LogP contribution < -0.4 is 9.47 Å². The van der Waals surface area contributed by atoms with Crippen molar-refractivity contribution in [1.82, 2.24) is 4.90 Å². The number of ether oxygens (including phenoxy) is 2. The normalized spacial score (nSPS) is 12.5. The zero-order valence-corrected chi connectivity index (χ0v) is 12.4. The van der Waals surface area contributed by atoms with Crippen molar-refractivity contribution < 1.29 is 14.3 Å². The predicted octanol–water partition coefficient (Wildman–Crippen LogP) is 3.34. The number of hydrogen-bond acceptors (Lipinski definition) is 3. The smallest absolute Gasteiger partial charge is 0.231 e. The van der Waals surface area contributed by atoms with Crippen LogP contribution in [-0.4, -0.2) is 24.1 Å². The van der Waals surface area contributed by atoms with Gasteiger partial charge in [-0.15, -0.1) is 0 Å². The van der Waals surface area contributed by atoms with Crippen LogP contribution in [0.5, 0.6) is 11.5 Å². The maximum atomic E-state index is 12.2. The van der Waals surface area contributed by atoms with Crippen LogP contribution in [0.2, 0.25) is 0 Å². The highest BCUT2D eigenvalue weighted by atomic mass is 16.7. The van der Waals surface area contributed by atoms with Crippen LogP contribution in [-0.2, 0) is 11.3 Å². The van der Waals surface area contributed by atoms with Gasteiger partial charge in [-0.2, -0.15) is 0 Å². The van der Waals surface area contributed by atoms with Crippen molar-refractivity contribution in [2.75, 3.05) is 13.3 Å². The van der Waals surface area contributed by atoms with Gasteiger partial charge in [-0.1, -0.05) is 25.8 Å². The molecule has 0 fully saturated rings. The highest BCUT2D eigenvalue weighted by molar-refractivity contribution is 5.76. The van der Waals surface area contributed by atoms with Crippen molar-refractivity contribution in [3.8, 4) is 11.5 Å². The molecule has 4 heteroatoms. The van der Waals surface area contributed by atoms with E-state index in [0.717, 1.165) is 42.9 Å². The molecular formula is C16H23NO3. The molecule has 0 spiro atoms. The molecule has 1 aromatic carbocycles. The van der Waals surface area contributed by atoms with Gasteiger partial charge in [0.1, 0.15) is 0 Å². The Balaban J connectivity index is 1.94. The van der Waals surface area contributed by atoms with E-state index < -0.39 is 0 Å². The number of nitrogens with zero attached hydrogens (tertiary/aromatic N) is 1. The third-order valence-electron chi connectivity index (χ3n) is 3.54. The summed E-state index contributed by atoms with van der Waals surface area (Å²) in [5.41, 5.74) is 1.08. The van der Waals surface area contributed by atoms with Crippen LogP contribution in [0.1, 0.15) is 45.1 Å². The summed E-state index contributed by atoms with van der Waals surface area (Å²) in [5.74, 6) is 1.79. The van der Waals surface area contributed by atoms with Gasteiger partial charge in [-0.3, -0.25) is 4.79 Å². The molecule has 1 aliphatic rings. The standard InChI is InChI=1S/C16H23NO3/c1-3-5-6-7-16(18)17(4-2)11-13-8-9-14-15(10-13)20-12-19-14/h8-10H,3-7,11-12H2,1-2H3. The predicted molar refractivity (Wildman–Crippen MR) is 77.8 cm³/mol. The molecule has 4 nitrogen and oxygen atoms in total. The number of rotatable bonds is 7. The van der Waals surface area contributed by atoms with Crippen molar-refractivity contribution in [3.05, 3.63) is 23.8 Å². The Morgan fingerprint density at radius 2 is 2.00 bits per heavy atom.